The van der Waals surface area contributed by atoms with Crippen molar-refractivity contribution >= 4 is 0 Å². The van der Waals surface area contributed by atoms with Gasteiger partial charge in [0.15, 0.2) is 0 Å². The van der Waals surface area contributed by atoms with E-state index in [0.29, 0.717) is 6.42 Å². The third-order valence-electron chi connectivity index (χ3n) is 3.41. The summed E-state index contributed by atoms with van der Waals surface area (Å²) in [4.78, 5) is 0. The van der Waals surface area contributed by atoms with Crippen molar-refractivity contribution in [1.29, 1.82) is 0 Å². The molecule has 0 spiro atoms. The minimum absolute atomic E-state index is 0.114. The lowest BCUT2D eigenvalue weighted by molar-refractivity contribution is -0.137. The van der Waals surface area contributed by atoms with E-state index in [2.05, 4.69) is 12.3 Å². The third-order valence-corrected chi connectivity index (χ3v) is 3.41. The van der Waals surface area contributed by atoms with E-state index in [1.165, 1.54) is 31.4 Å². The van der Waals surface area contributed by atoms with Gasteiger partial charge < -0.3 is 0 Å². The van der Waals surface area contributed by atoms with Crippen LogP contribution in [0.2, 0.25) is 0 Å². The summed E-state index contributed by atoms with van der Waals surface area (Å²) in [7, 11) is 0. The normalized spacial score (nSPS) is 13.4. The Labute approximate surface area is 118 Å². The van der Waals surface area contributed by atoms with Gasteiger partial charge in [0.1, 0.15) is 0 Å². The Hall–Kier alpha value is -1.07. The molecule has 0 bridgehead atoms. The van der Waals surface area contributed by atoms with Crippen LogP contribution < -0.4 is 11.3 Å². The molecule has 0 radical (unpaired) electrons. The molecule has 0 aliphatic rings. The van der Waals surface area contributed by atoms with Crippen LogP contribution in [0.4, 0.5) is 13.2 Å². The molecule has 3 N–H and O–H groups in total. The molecule has 1 aromatic carbocycles. The van der Waals surface area contributed by atoms with Gasteiger partial charge in [-0.25, -0.2) is 0 Å². The zero-order valence-electron chi connectivity index (χ0n) is 11.8. The predicted molar refractivity (Wildman–Crippen MR) is 75.0 cm³/mol. The van der Waals surface area contributed by atoms with Crippen molar-refractivity contribution in [1.82, 2.24) is 5.43 Å². The molecule has 0 saturated heterocycles. The van der Waals surface area contributed by atoms with Crippen LogP contribution in [0, 0.1) is 0 Å². The van der Waals surface area contributed by atoms with Gasteiger partial charge >= 0.3 is 6.18 Å². The maximum atomic E-state index is 12.5. The van der Waals surface area contributed by atoms with Crippen LogP contribution in [-0.4, -0.2) is 6.04 Å². The maximum absolute atomic E-state index is 12.5. The van der Waals surface area contributed by atoms with Crippen molar-refractivity contribution in [3.05, 3.63) is 35.4 Å². The van der Waals surface area contributed by atoms with Gasteiger partial charge in [0, 0.05) is 6.04 Å². The number of hydrogen-bond donors (Lipinski definition) is 2. The van der Waals surface area contributed by atoms with E-state index in [9.17, 15) is 13.2 Å². The molecule has 1 rings (SSSR count). The molecule has 20 heavy (non-hydrogen) atoms. The van der Waals surface area contributed by atoms with Gasteiger partial charge in [0.2, 0.25) is 0 Å². The van der Waals surface area contributed by atoms with Crippen molar-refractivity contribution < 1.29 is 13.2 Å². The highest BCUT2D eigenvalue weighted by atomic mass is 19.4. The van der Waals surface area contributed by atoms with Gasteiger partial charge in [-0.1, -0.05) is 44.7 Å². The molecule has 1 unspecified atom stereocenters. The highest BCUT2D eigenvalue weighted by molar-refractivity contribution is 5.25. The third kappa shape index (κ3) is 5.92. The lowest BCUT2D eigenvalue weighted by Gasteiger charge is -2.16. The topological polar surface area (TPSA) is 38.0 Å². The molecule has 5 heteroatoms. The average molecular weight is 288 g/mol. The molecule has 0 amide bonds. The van der Waals surface area contributed by atoms with Crippen molar-refractivity contribution in [2.24, 2.45) is 5.84 Å². The molecule has 0 saturated carbocycles. The number of hydrazine groups is 1. The second-order valence-corrected chi connectivity index (χ2v) is 5.11. The van der Waals surface area contributed by atoms with Crippen molar-refractivity contribution in [3.8, 4) is 0 Å². The Morgan fingerprint density at radius 3 is 2.25 bits per heavy atom. The van der Waals surface area contributed by atoms with Crippen molar-refractivity contribution in [3.63, 3.8) is 0 Å². The van der Waals surface area contributed by atoms with Crippen LogP contribution in [-0.2, 0) is 12.6 Å². The first-order valence-electron chi connectivity index (χ1n) is 7.09. The summed E-state index contributed by atoms with van der Waals surface area (Å²) < 4.78 is 37.4. The van der Waals surface area contributed by atoms with E-state index in [1.54, 1.807) is 0 Å². The van der Waals surface area contributed by atoms with Gasteiger partial charge in [-0.2, -0.15) is 13.2 Å². The van der Waals surface area contributed by atoms with Crippen molar-refractivity contribution in [2.45, 2.75) is 57.7 Å². The fourth-order valence-corrected chi connectivity index (χ4v) is 2.18. The monoisotopic (exact) mass is 288 g/mol. The molecule has 2 nitrogen and oxygen atoms in total. The van der Waals surface area contributed by atoms with Crippen LogP contribution in [0.25, 0.3) is 0 Å². The van der Waals surface area contributed by atoms with Crippen LogP contribution >= 0.6 is 0 Å². The zero-order chi connectivity index (χ0) is 15.0. The summed E-state index contributed by atoms with van der Waals surface area (Å²) >= 11 is 0. The van der Waals surface area contributed by atoms with Crippen LogP contribution in [0.5, 0.6) is 0 Å². The highest BCUT2D eigenvalue weighted by Gasteiger charge is 2.29. The molecule has 0 aliphatic heterocycles. The van der Waals surface area contributed by atoms with Gasteiger partial charge in [-0.05, 0) is 30.5 Å². The van der Waals surface area contributed by atoms with Crippen molar-refractivity contribution in [2.75, 3.05) is 0 Å². The van der Waals surface area contributed by atoms with E-state index in [4.69, 9.17) is 5.84 Å². The number of alkyl halides is 3. The zero-order valence-corrected chi connectivity index (χ0v) is 11.8. The molecule has 0 aromatic heterocycles. The summed E-state index contributed by atoms with van der Waals surface area (Å²) in [5, 5.41) is 0. The lowest BCUT2D eigenvalue weighted by atomic mass is 9.99. The molecule has 0 fully saturated rings. The summed E-state index contributed by atoms with van der Waals surface area (Å²) in [5.41, 5.74) is 3.01. The highest BCUT2D eigenvalue weighted by Crippen LogP contribution is 2.29. The minimum atomic E-state index is -4.27. The molecule has 0 heterocycles. The largest absolute Gasteiger partial charge is 0.416 e. The van der Waals surface area contributed by atoms with Crippen LogP contribution in [0.1, 0.15) is 50.2 Å². The van der Waals surface area contributed by atoms with E-state index in [0.717, 1.165) is 30.5 Å². The summed E-state index contributed by atoms with van der Waals surface area (Å²) in [6, 6.07) is 5.42. The number of unbranched alkanes of at least 4 members (excludes halogenated alkanes) is 3. The van der Waals surface area contributed by atoms with E-state index < -0.39 is 11.7 Å². The quantitative estimate of drug-likeness (QED) is 0.430. The molecule has 1 aromatic rings. The fraction of sp³-hybridized carbons (Fsp3) is 0.600. The average Bonchev–Trinajstić information content (AvgIpc) is 2.42. The smallest absolute Gasteiger partial charge is 0.271 e. The Balaban J connectivity index is 2.49. The van der Waals surface area contributed by atoms with Gasteiger partial charge in [0.05, 0.1) is 5.56 Å². The first kappa shape index (κ1) is 17.0. The van der Waals surface area contributed by atoms with E-state index in [1.807, 2.05) is 0 Å². The number of benzene rings is 1. The Morgan fingerprint density at radius 2 is 1.75 bits per heavy atom. The molecule has 1 atom stereocenters. The number of rotatable bonds is 8. The number of nitrogens with two attached hydrogens (primary N) is 1. The SMILES string of the molecule is CCCCCCC(Cc1ccc(C(F)(F)F)cc1)NN. The van der Waals surface area contributed by atoms with Crippen LogP contribution in [0.15, 0.2) is 24.3 Å². The van der Waals surface area contributed by atoms with Crippen LogP contribution in [0.3, 0.4) is 0 Å². The number of nitrogens with one attached hydrogen (secondary N) is 1. The fourth-order valence-electron chi connectivity index (χ4n) is 2.18. The number of hydrogen-bond acceptors (Lipinski definition) is 2. The Morgan fingerprint density at radius 1 is 1.10 bits per heavy atom. The predicted octanol–water partition coefficient (Wildman–Crippen LogP) is 4.05. The van der Waals surface area contributed by atoms with Gasteiger partial charge in [-0.3, -0.25) is 11.3 Å². The molecule has 0 aliphatic carbocycles. The summed E-state index contributed by atoms with van der Waals surface area (Å²) in [5.74, 6) is 5.50. The Kier molecular flexibility index (Phi) is 7.02. The van der Waals surface area contributed by atoms with Gasteiger partial charge in [0.25, 0.3) is 0 Å². The number of halogens is 3. The van der Waals surface area contributed by atoms with E-state index >= 15 is 0 Å². The molecule has 114 valence electrons. The standard InChI is InChI=1S/C15H23F3N2/c1-2-3-4-5-6-14(20-19)11-12-7-9-13(10-8-12)15(16,17)18/h7-10,14,20H,2-6,11,19H2,1H3. The molecular formula is C15H23F3N2. The maximum Gasteiger partial charge on any atom is 0.416 e. The van der Waals surface area contributed by atoms with E-state index in [-0.39, 0.29) is 6.04 Å². The first-order chi connectivity index (χ1) is 9.47. The summed E-state index contributed by atoms with van der Waals surface area (Å²) in [6.07, 6.45) is 1.96. The lowest BCUT2D eigenvalue weighted by Crippen LogP contribution is -2.36. The second-order valence-electron chi connectivity index (χ2n) is 5.11. The van der Waals surface area contributed by atoms with Gasteiger partial charge in [-0.15, -0.1) is 0 Å². The first-order valence-corrected chi connectivity index (χ1v) is 7.09. The minimum Gasteiger partial charge on any atom is -0.271 e. The Bertz CT molecular complexity index is 374. The summed E-state index contributed by atoms with van der Waals surface area (Å²) in [6.45, 7) is 2.15. The molecular weight excluding hydrogens is 265 g/mol. The second kappa shape index (κ2) is 8.27.